The van der Waals surface area contributed by atoms with Gasteiger partial charge in [-0.1, -0.05) is 34.1 Å². The second kappa shape index (κ2) is 5.72. The van der Waals surface area contributed by atoms with Crippen molar-refractivity contribution in [2.24, 2.45) is 7.05 Å². The molecule has 1 aliphatic rings. The summed E-state index contributed by atoms with van der Waals surface area (Å²) in [4.78, 5) is 0.373. The molecule has 1 aromatic rings. The Hall–Kier alpha value is -0.880. The Labute approximate surface area is 128 Å². The molecule has 1 atom stereocenters. The number of hydrogen-bond acceptors (Lipinski definition) is 3. The maximum absolute atomic E-state index is 13.1. The van der Waals surface area contributed by atoms with Gasteiger partial charge in [-0.2, -0.15) is 9.40 Å². The monoisotopic (exact) mass is 313 g/mol. The summed E-state index contributed by atoms with van der Waals surface area (Å²) in [6, 6.07) is 0.122. The molecule has 1 saturated heterocycles. The normalized spacial score (nSPS) is 21.7. The number of aryl methyl sites for hydroxylation is 1. The first-order valence-corrected chi connectivity index (χ1v) is 9.18. The highest BCUT2D eigenvalue weighted by Gasteiger charge is 2.37. The van der Waals surface area contributed by atoms with Crippen LogP contribution in [0.3, 0.4) is 0 Å². The lowest BCUT2D eigenvalue weighted by Crippen LogP contribution is -2.43. The highest BCUT2D eigenvalue weighted by molar-refractivity contribution is 7.89. The Morgan fingerprint density at radius 3 is 2.57 bits per heavy atom. The summed E-state index contributed by atoms with van der Waals surface area (Å²) in [7, 11) is -1.69. The molecule has 1 aromatic heterocycles. The third-order valence-corrected chi connectivity index (χ3v) is 6.09. The third-order valence-electron chi connectivity index (χ3n) is 4.14. The van der Waals surface area contributed by atoms with E-state index in [1.807, 2.05) is 20.8 Å². The van der Waals surface area contributed by atoms with Crippen LogP contribution in [0.25, 0.3) is 0 Å². The van der Waals surface area contributed by atoms with E-state index in [4.69, 9.17) is 0 Å². The maximum Gasteiger partial charge on any atom is 0.246 e. The van der Waals surface area contributed by atoms with Gasteiger partial charge in [0.25, 0.3) is 0 Å². The smallest absolute Gasteiger partial charge is 0.246 e. The number of rotatable bonds is 3. The van der Waals surface area contributed by atoms with Gasteiger partial charge in [0.1, 0.15) is 4.90 Å². The average Bonchev–Trinajstić information content (AvgIpc) is 2.81. The lowest BCUT2D eigenvalue weighted by molar-refractivity contribution is 0.246. The Morgan fingerprint density at radius 2 is 2.00 bits per heavy atom. The summed E-state index contributed by atoms with van der Waals surface area (Å²) in [5.41, 5.74) is 0.367. The first-order valence-electron chi connectivity index (χ1n) is 7.74. The van der Waals surface area contributed by atoms with Crippen molar-refractivity contribution in [3.8, 4) is 0 Å². The van der Waals surface area contributed by atoms with Crippen LogP contribution in [0.4, 0.5) is 0 Å². The quantitative estimate of drug-likeness (QED) is 0.862. The fraction of sp³-hybridized carbons (Fsp3) is 0.800. The van der Waals surface area contributed by atoms with E-state index in [1.165, 1.54) is 0 Å². The number of aromatic nitrogens is 2. The minimum atomic E-state index is -3.47. The predicted molar refractivity (Wildman–Crippen MR) is 83.7 cm³/mol. The number of nitrogens with zero attached hydrogens (tertiary/aromatic N) is 3. The molecular weight excluding hydrogens is 286 g/mol. The summed E-state index contributed by atoms with van der Waals surface area (Å²) < 4.78 is 29.5. The molecule has 0 radical (unpaired) electrons. The maximum atomic E-state index is 13.1. The van der Waals surface area contributed by atoms with E-state index in [2.05, 4.69) is 12.0 Å². The van der Waals surface area contributed by atoms with Gasteiger partial charge in [-0.25, -0.2) is 8.42 Å². The van der Waals surface area contributed by atoms with Crippen LogP contribution in [0.5, 0.6) is 0 Å². The van der Waals surface area contributed by atoms with Crippen LogP contribution < -0.4 is 0 Å². The molecule has 5 nitrogen and oxygen atoms in total. The van der Waals surface area contributed by atoms with Gasteiger partial charge >= 0.3 is 0 Å². The largest absolute Gasteiger partial charge is 0.274 e. The van der Waals surface area contributed by atoms with Crippen LogP contribution in [0.2, 0.25) is 0 Å². The predicted octanol–water partition coefficient (Wildman–Crippen LogP) is 2.67. The zero-order valence-corrected chi connectivity index (χ0v) is 14.6. The minimum absolute atomic E-state index is 0.122. The molecule has 0 saturated carbocycles. The molecule has 120 valence electrons. The molecule has 0 aromatic carbocycles. The van der Waals surface area contributed by atoms with Crippen molar-refractivity contribution in [3.05, 3.63) is 11.9 Å². The fourth-order valence-electron chi connectivity index (χ4n) is 3.00. The van der Waals surface area contributed by atoms with Crippen molar-refractivity contribution in [1.29, 1.82) is 0 Å². The lowest BCUT2D eigenvalue weighted by atomic mass is 9.92. The van der Waals surface area contributed by atoms with E-state index in [0.717, 1.165) is 25.7 Å². The molecule has 0 bridgehead atoms. The highest BCUT2D eigenvalue weighted by atomic mass is 32.2. The van der Waals surface area contributed by atoms with E-state index < -0.39 is 10.0 Å². The summed E-state index contributed by atoms with van der Waals surface area (Å²) in [6.07, 6.45) is 5.53. The van der Waals surface area contributed by atoms with Crippen molar-refractivity contribution < 1.29 is 8.42 Å². The molecule has 21 heavy (non-hydrogen) atoms. The molecule has 6 heteroatoms. The van der Waals surface area contributed by atoms with Gasteiger partial charge in [-0.05, 0) is 19.3 Å². The van der Waals surface area contributed by atoms with Crippen LogP contribution in [-0.4, -0.2) is 35.1 Å². The Balaban J connectivity index is 2.49. The van der Waals surface area contributed by atoms with Crippen molar-refractivity contribution in [2.45, 2.75) is 69.7 Å². The molecule has 2 heterocycles. The second-order valence-corrected chi connectivity index (χ2v) is 8.80. The van der Waals surface area contributed by atoms with Crippen molar-refractivity contribution >= 4 is 10.0 Å². The Bertz CT molecular complexity index is 599. The van der Waals surface area contributed by atoms with Crippen LogP contribution in [0.15, 0.2) is 11.1 Å². The van der Waals surface area contributed by atoms with Crippen LogP contribution in [-0.2, 0) is 22.5 Å². The molecule has 0 spiro atoms. The van der Waals surface area contributed by atoms with Crippen LogP contribution >= 0.6 is 0 Å². The van der Waals surface area contributed by atoms with E-state index >= 15 is 0 Å². The van der Waals surface area contributed by atoms with E-state index in [-0.39, 0.29) is 11.5 Å². The third kappa shape index (κ3) is 3.16. The lowest BCUT2D eigenvalue weighted by Gasteiger charge is -2.34. The first kappa shape index (κ1) is 16.5. The molecule has 0 N–H and O–H groups in total. The molecule has 0 amide bonds. The van der Waals surface area contributed by atoms with Crippen LogP contribution in [0.1, 0.15) is 59.1 Å². The molecule has 1 fully saturated rings. The summed E-state index contributed by atoms with van der Waals surface area (Å²) >= 11 is 0. The van der Waals surface area contributed by atoms with Gasteiger partial charge in [0.2, 0.25) is 10.0 Å². The molecule has 2 rings (SSSR count). The van der Waals surface area contributed by atoms with E-state index in [0.29, 0.717) is 17.1 Å². The minimum Gasteiger partial charge on any atom is -0.274 e. The summed E-state index contributed by atoms with van der Waals surface area (Å²) in [5.74, 6) is 0. The highest BCUT2D eigenvalue weighted by Crippen LogP contribution is 2.32. The SMILES string of the molecule is CCC1CCCCN1S(=O)(=O)c1cn(C)nc1C(C)(C)C. The number of piperidine rings is 1. The second-order valence-electron chi connectivity index (χ2n) is 6.94. The molecule has 1 aliphatic heterocycles. The summed E-state index contributed by atoms with van der Waals surface area (Å²) in [5, 5.41) is 4.40. The van der Waals surface area contributed by atoms with Crippen LogP contribution in [0, 0.1) is 0 Å². The van der Waals surface area contributed by atoms with Gasteiger partial charge in [-0.3, -0.25) is 4.68 Å². The van der Waals surface area contributed by atoms with E-state index in [9.17, 15) is 8.42 Å². The Kier molecular flexibility index (Phi) is 4.49. The molecular formula is C15H27N3O2S. The summed E-state index contributed by atoms with van der Waals surface area (Å²) in [6.45, 7) is 8.69. The van der Waals surface area contributed by atoms with Gasteiger partial charge in [0, 0.05) is 31.2 Å². The topological polar surface area (TPSA) is 55.2 Å². The number of hydrogen-bond donors (Lipinski definition) is 0. The van der Waals surface area contributed by atoms with Gasteiger partial charge in [0.15, 0.2) is 0 Å². The molecule has 0 aliphatic carbocycles. The van der Waals surface area contributed by atoms with Gasteiger partial charge in [0.05, 0.1) is 5.69 Å². The fourth-order valence-corrected chi connectivity index (χ4v) is 5.15. The van der Waals surface area contributed by atoms with Crippen molar-refractivity contribution in [2.75, 3.05) is 6.54 Å². The first-order chi connectivity index (χ1) is 9.67. The van der Waals surface area contributed by atoms with Gasteiger partial charge < -0.3 is 0 Å². The average molecular weight is 313 g/mol. The Morgan fingerprint density at radius 1 is 1.33 bits per heavy atom. The molecule has 1 unspecified atom stereocenters. The van der Waals surface area contributed by atoms with Gasteiger partial charge in [-0.15, -0.1) is 0 Å². The number of sulfonamides is 1. The van der Waals surface area contributed by atoms with E-state index in [1.54, 1.807) is 22.2 Å². The standard InChI is InChI=1S/C15H27N3O2S/c1-6-12-9-7-8-10-18(12)21(19,20)13-11-17(5)16-14(13)15(2,3)4/h11-12H,6-10H2,1-5H3. The van der Waals surface area contributed by atoms with Crippen molar-refractivity contribution in [1.82, 2.24) is 14.1 Å². The van der Waals surface area contributed by atoms with Crippen molar-refractivity contribution in [3.63, 3.8) is 0 Å². The zero-order chi connectivity index (χ0) is 15.8. The zero-order valence-electron chi connectivity index (χ0n) is 13.8.